The summed E-state index contributed by atoms with van der Waals surface area (Å²) in [5.74, 6) is -0.124. The van der Waals surface area contributed by atoms with Gasteiger partial charge in [0.1, 0.15) is 0 Å². The van der Waals surface area contributed by atoms with Crippen molar-refractivity contribution in [2.45, 2.75) is 30.1 Å². The molecule has 1 rings (SSSR count). The van der Waals surface area contributed by atoms with Gasteiger partial charge in [-0.2, -0.15) is 0 Å². The number of aliphatic hydroxyl groups excluding tert-OH is 1. The van der Waals surface area contributed by atoms with Gasteiger partial charge in [0.05, 0.1) is 4.90 Å². The number of hydrogen-bond acceptors (Lipinski definition) is 3. The zero-order valence-corrected chi connectivity index (χ0v) is 12.8. The quantitative estimate of drug-likeness (QED) is 0.780. The summed E-state index contributed by atoms with van der Waals surface area (Å²) in [4.78, 5) is 0.240. The Bertz CT molecular complexity index is 473. The lowest BCUT2D eigenvalue weighted by atomic mass is 10.1. The minimum Gasteiger partial charge on any atom is -0.396 e. The highest BCUT2D eigenvalue weighted by atomic mass is 79.9. The summed E-state index contributed by atoms with van der Waals surface area (Å²) < 4.78 is 26.7. The molecule has 0 aliphatic carbocycles. The van der Waals surface area contributed by atoms with Gasteiger partial charge in [-0.3, -0.25) is 0 Å². The lowest BCUT2D eigenvalue weighted by molar-refractivity contribution is 0.216. The Balaban J connectivity index is 2.85. The number of nitrogens with one attached hydrogen (secondary N) is 1. The number of alkyl halides is 1. The van der Waals surface area contributed by atoms with E-state index in [9.17, 15) is 8.42 Å². The normalized spacial score (nSPS) is 15.3. The topological polar surface area (TPSA) is 66.4 Å². The fourth-order valence-corrected chi connectivity index (χ4v) is 3.07. The smallest absolute Gasteiger partial charge is 0.240 e. The standard InChI is InChI=1S/C12H18BrNO3S/c1-9(8-15)10(2)14-18(16,17)12-5-3-11(7-13)4-6-12/h3-6,9-10,14-15H,7-8H2,1-2H3. The van der Waals surface area contributed by atoms with Crippen LogP contribution in [-0.2, 0) is 15.4 Å². The first-order valence-corrected chi connectivity index (χ1v) is 8.29. The predicted octanol–water partition coefficient (Wildman–Crippen LogP) is 1.88. The summed E-state index contributed by atoms with van der Waals surface area (Å²) in [6.07, 6.45) is 0. The maximum atomic E-state index is 12.1. The second-order valence-electron chi connectivity index (χ2n) is 4.35. The van der Waals surface area contributed by atoms with E-state index in [2.05, 4.69) is 20.7 Å². The third kappa shape index (κ3) is 4.05. The van der Waals surface area contributed by atoms with Crippen LogP contribution in [0.15, 0.2) is 29.2 Å². The van der Waals surface area contributed by atoms with Crippen molar-refractivity contribution in [3.05, 3.63) is 29.8 Å². The van der Waals surface area contributed by atoms with Crippen molar-refractivity contribution in [2.24, 2.45) is 5.92 Å². The minimum atomic E-state index is -3.52. The number of benzene rings is 1. The van der Waals surface area contributed by atoms with Crippen LogP contribution in [-0.4, -0.2) is 26.2 Å². The molecule has 0 amide bonds. The second kappa shape index (κ2) is 6.65. The van der Waals surface area contributed by atoms with Crippen LogP contribution in [0.25, 0.3) is 0 Å². The van der Waals surface area contributed by atoms with E-state index in [4.69, 9.17) is 5.11 Å². The number of rotatable bonds is 6. The fourth-order valence-electron chi connectivity index (χ4n) is 1.34. The van der Waals surface area contributed by atoms with Crippen LogP contribution in [0, 0.1) is 5.92 Å². The summed E-state index contributed by atoms with van der Waals surface area (Å²) in [6, 6.07) is 6.38. The molecule has 0 fully saturated rings. The van der Waals surface area contributed by atoms with Gasteiger partial charge in [0.15, 0.2) is 0 Å². The molecule has 0 saturated heterocycles. The number of sulfonamides is 1. The van der Waals surface area contributed by atoms with Crippen LogP contribution < -0.4 is 4.72 Å². The van der Waals surface area contributed by atoms with Gasteiger partial charge in [-0.1, -0.05) is 35.0 Å². The highest BCUT2D eigenvalue weighted by molar-refractivity contribution is 9.08. The SMILES string of the molecule is CC(CO)C(C)NS(=O)(=O)c1ccc(CBr)cc1. The van der Waals surface area contributed by atoms with E-state index >= 15 is 0 Å². The molecule has 1 aromatic rings. The Hall–Kier alpha value is -0.430. The summed E-state index contributed by atoms with van der Waals surface area (Å²) in [5, 5.41) is 9.69. The van der Waals surface area contributed by atoms with Crippen LogP contribution in [0.1, 0.15) is 19.4 Å². The third-order valence-electron chi connectivity index (χ3n) is 2.87. The molecule has 18 heavy (non-hydrogen) atoms. The van der Waals surface area contributed by atoms with Crippen molar-refractivity contribution >= 4 is 26.0 Å². The molecule has 0 saturated carbocycles. The molecule has 0 bridgehead atoms. The maximum Gasteiger partial charge on any atom is 0.240 e. The zero-order chi connectivity index (χ0) is 13.8. The molecule has 2 atom stereocenters. The average molecular weight is 336 g/mol. The first-order valence-electron chi connectivity index (χ1n) is 5.68. The van der Waals surface area contributed by atoms with E-state index in [0.717, 1.165) is 5.56 Å². The molecule has 1 aromatic carbocycles. The van der Waals surface area contributed by atoms with Crippen molar-refractivity contribution in [3.63, 3.8) is 0 Å². The Morgan fingerprint density at radius 2 is 1.83 bits per heavy atom. The van der Waals surface area contributed by atoms with Crippen molar-refractivity contribution in [1.82, 2.24) is 4.72 Å². The van der Waals surface area contributed by atoms with Gasteiger partial charge in [0, 0.05) is 18.0 Å². The predicted molar refractivity (Wildman–Crippen MR) is 75.1 cm³/mol. The average Bonchev–Trinajstić information content (AvgIpc) is 2.37. The number of hydrogen-bond donors (Lipinski definition) is 2. The van der Waals surface area contributed by atoms with Crippen LogP contribution in [0.2, 0.25) is 0 Å². The van der Waals surface area contributed by atoms with E-state index < -0.39 is 10.0 Å². The molecular formula is C12H18BrNO3S. The molecule has 0 radical (unpaired) electrons. The number of aliphatic hydroxyl groups is 1. The lowest BCUT2D eigenvalue weighted by Gasteiger charge is -2.19. The molecule has 2 unspecified atom stereocenters. The van der Waals surface area contributed by atoms with E-state index in [-0.39, 0.29) is 23.5 Å². The molecule has 4 nitrogen and oxygen atoms in total. The summed E-state index contributed by atoms with van der Waals surface area (Å²) >= 11 is 3.31. The number of halogens is 1. The summed E-state index contributed by atoms with van der Waals surface area (Å²) in [6.45, 7) is 3.48. The molecule has 0 spiro atoms. The molecule has 0 aromatic heterocycles. The third-order valence-corrected chi connectivity index (χ3v) is 5.09. The lowest BCUT2D eigenvalue weighted by Crippen LogP contribution is -2.38. The monoisotopic (exact) mass is 335 g/mol. The molecule has 2 N–H and O–H groups in total. The zero-order valence-electron chi connectivity index (χ0n) is 10.4. The van der Waals surface area contributed by atoms with Gasteiger partial charge in [-0.25, -0.2) is 13.1 Å². The Labute approximate surface area is 117 Å². The molecular weight excluding hydrogens is 318 g/mol. The first kappa shape index (κ1) is 15.6. The van der Waals surface area contributed by atoms with Crippen LogP contribution >= 0.6 is 15.9 Å². The van der Waals surface area contributed by atoms with Crippen molar-refractivity contribution < 1.29 is 13.5 Å². The largest absolute Gasteiger partial charge is 0.396 e. The van der Waals surface area contributed by atoms with Gasteiger partial charge in [0.2, 0.25) is 10.0 Å². The van der Waals surface area contributed by atoms with E-state index in [1.807, 2.05) is 0 Å². The van der Waals surface area contributed by atoms with E-state index in [1.165, 1.54) is 0 Å². The molecule has 0 heterocycles. The Kier molecular flexibility index (Phi) is 5.78. The van der Waals surface area contributed by atoms with E-state index in [1.54, 1.807) is 38.1 Å². The van der Waals surface area contributed by atoms with Gasteiger partial charge >= 0.3 is 0 Å². The van der Waals surface area contributed by atoms with Crippen molar-refractivity contribution in [1.29, 1.82) is 0 Å². The molecule has 0 aliphatic heterocycles. The molecule has 0 aliphatic rings. The van der Waals surface area contributed by atoms with Crippen molar-refractivity contribution in [3.8, 4) is 0 Å². The first-order chi connectivity index (χ1) is 8.40. The van der Waals surface area contributed by atoms with Gasteiger partial charge in [-0.05, 0) is 30.5 Å². The van der Waals surface area contributed by atoms with Crippen LogP contribution in [0.4, 0.5) is 0 Å². The summed E-state index contributed by atoms with van der Waals surface area (Å²) in [5.41, 5.74) is 1.02. The Morgan fingerprint density at radius 3 is 2.28 bits per heavy atom. The molecule has 6 heteroatoms. The molecule has 102 valence electrons. The highest BCUT2D eigenvalue weighted by Gasteiger charge is 2.20. The van der Waals surface area contributed by atoms with Crippen LogP contribution in [0.5, 0.6) is 0 Å². The minimum absolute atomic E-state index is 0.0494. The maximum absolute atomic E-state index is 12.1. The highest BCUT2D eigenvalue weighted by Crippen LogP contribution is 2.14. The fraction of sp³-hybridized carbons (Fsp3) is 0.500. The van der Waals surface area contributed by atoms with Crippen LogP contribution in [0.3, 0.4) is 0 Å². The summed E-state index contributed by atoms with van der Waals surface area (Å²) in [7, 11) is -3.52. The second-order valence-corrected chi connectivity index (χ2v) is 6.62. The van der Waals surface area contributed by atoms with Gasteiger partial charge < -0.3 is 5.11 Å². The van der Waals surface area contributed by atoms with Gasteiger partial charge in [0.25, 0.3) is 0 Å². The van der Waals surface area contributed by atoms with E-state index in [0.29, 0.717) is 5.33 Å². The van der Waals surface area contributed by atoms with Crippen molar-refractivity contribution in [2.75, 3.05) is 6.61 Å². The Morgan fingerprint density at radius 1 is 1.28 bits per heavy atom. The van der Waals surface area contributed by atoms with Gasteiger partial charge in [-0.15, -0.1) is 0 Å².